The summed E-state index contributed by atoms with van der Waals surface area (Å²) in [5.74, 6) is 0.284. The Morgan fingerprint density at radius 1 is 1.07 bits per heavy atom. The molecular weight excluding hydrogens is 428 g/mol. The highest BCUT2D eigenvalue weighted by atomic mass is 35.5. The Hall–Kier alpha value is -3.17. The molecule has 0 unspecified atom stereocenters. The Morgan fingerprint density at radius 2 is 1.80 bits per heavy atom. The molecule has 0 radical (unpaired) electrons. The minimum Gasteiger partial charge on any atom is -0.496 e. The van der Waals surface area contributed by atoms with Crippen LogP contribution >= 0.6 is 22.9 Å². The van der Waals surface area contributed by atoms with Gasteiger partial charge in [0.2, 0.25) is 11.0 Å². The summed E-state index contributed by atoms with van der Waals surface area (Å²) >= 11 is 7.44. The summed E-state index contributed by atoms with van der Waals surface area (Å²) in [6.45, 7) is 1.36. The zero-order valence-corrected chi connectivity index (χ0v) is 18.1. The number of methoxy groups -OCH3 is 2. The summed E-state index contributed by atoms with van der Waals surface area (Å²) < 4.78 is 10.6. The van der Waals surface area contributed by atoms with E-state index in [2.05, 4.69) is 20.8 Å². The monoisotopic (exact) mass is 446 g/mol. The van der Waals surface area contributed by atoms with Crippen LogP contribution in [0, 0.1) is 0 Å². The van der Waals surface area contributed by atoms with Crippen LogP contribution in [0.4, 0.5) is 10.8 Å². The Labute approximate surface area is 182 Å². The van der Waals surface area contributed by atoms with Crippen LogP contribution in [0.15, 0.2) is 36.4 Å². The average molecular weight is 447 g/mol. The van der Waals surface area contributed by atoms with Crippen LogP contribution < -0.4 is 20.1 Å². The van der Waals surface area contributed by atoms with Gasteiger partial charge in [0.25, 0.3) is 5.91 Å². The topological polar surface area (TPSA) is 102 Å². The number of rotatable bonds is 7. The van der Waals surface area contributed by atoms with Crippen molar-refractivity contribution >= 4 is 45.6 Å². The molecule has 2 amide bonds. The smallest absolute Gasteiger partial charge is 0.261 e. The zero-order valence-electron chi connectivity index (χ0n) is 16.5. The largest absolute Gasteiger partial charge is 0.496 e. The van der Waals surface area contributed by atoms with Crippen molar-refractivity contribution in [2.45, 2.75) is 13.3 Å². The molecule has 30 heavy (non-hydrogen) atoms. The van der Waals surface area contributed by atoms with Gasteiger partial charge in [-0.25, -0.2) is 0 Å². The number of carbonyl (C=O) groups is 2. The maximum atomic E-state index is 12.7. The second-order valence-electron chi connectivity index (χ2n) is 6.16. The number of benzene rings is 2. The van der Waals surface area contributed by atoms with Gasteiger partial charge in [0.15, 0.2) is 0 Å². The van der Waals surface area contributed by atoms with E-state index in [1.165, 1.54) is 37.5 Å². The van der Waals surface area contributed by atoms with Crippen molar-refractivity contribution in [3.8, 4) is 11.5 Å². The van der Waals surface area contributed by atoms with E-state index < -0.39 is 5.91 Å². The minimum atomic E-state index is -0.455. The molecule has 3 aromatic rings. The number of hydrogen-bond donors (Lipinski definition) is 2. The van der Waals surface area contributed by atoms with Crippen LogP contribution in [0.25, 0.3) is 0 Å². The molecule has 10 heteroatoms. The summed E-state index contributed by atoms with van der Waals surface area (Å²) in [5, 5.41) is 14.7. The van der Waals surface area contributed by atoms with Gasteiger partial charge < -0.3 is 14.8 Å². The molecule has 156 valence electrons. The van der Waals surface area contributed by atoms with Crippen molar-refractivity contribution in [1.82, 2.24) is 10.2 Å². The number of hydrogen-bond acceptors (Lipinski definition) is 7. The molecule has 0 bridgehead atoms. The molecule has 0 aliphatic heterocycles. The van der Waals surface area contributed by atoms with Crippen molar-refractivity contribution in [3.63, 3.8) is 0 Å². The summed E-state index contributed by atoms with van der Waals surface area (Å²) in [5.41, 5.74) is 1.53. The molecule has 1 heterocycles. The molecule has 0 saturated carbocycles. The molecule has 1 aromatic heterocycles. The molecule has 0 aliphatic carbocycles. The fourth-order valence-electron chi connectivity index (χ4n) is 2.74. The summed E-state index contributed by atoms with van der Waals surface area (Å²) in [7, 11) is 3.04. The maximum Gasteiger partial charge on any atom is 0.261 e. The van der Waals surface area contributed by atoms with Gasteiger partial charge in [-0.3, -0.25) is 14.9 Å². The van der Waals surface area contributed by atoms with Gasteiger partial charge in [-0.05, 0) is 12.1 Å². The number of nitrogens with zero attached hydrogens (tertiary/aromatic N) is 2. The van der Waals surface area contributed by atoms with Gasteiger partial charge in [-0.2, -0.15) is 0 Å². The van der Waals surface area contributed by atoms with Gasteiger partial charge in [0, 0.05) is 25.0 Å². The lowest BCUT2D eigenvalue weighted by Crippen LogP contribution is -2.14. The van der Waals surface area contributed by atoms with E-state index in [9.17, 15) is 9.59 Å². The number of anilines is 2. The minimum absolute atomic E-state index is 0.207. The van der Waals surface area contributed by atoms with E-state index in [0.29, 0.717) is 17.2 Å². The molecule has 0 spiro atoms. The predicted octanol–water partition coefficient (Wildman–Crippen LogP) is 4.01. The van der Waals surface area contributed by atoms with Crippen LogP contribution in [0.2, 0.25) is 5.02 Å². The number of carbonyl (C=O) groups excluding carboxylic acids is 2. The number of aromatic nitrogens is 2. The molecule has 0 atom stereocenters. The van der Waals surface area contributed by atoms with Crippen LogP contribution in [-0.2, 0) is 11.2 Å². The van der Waals surface area contributed by atoms with Gasteiger partial charge in [0.05, 0.1) is 30.5 Å². The lowest BCUT2D eigenvalue weighted by atomic mass is 10.1. The molecule has 0 fully saturated rings. The Kier molecular flexibility index (Phi) is 6.86. The normalized spacial score (nSPS) is 10.4. The number of nitrogens with one attached hydrogen (secondary N) is 2. The quantitative estimate of drug-likeness (QED) is 0.568. The lowest BCUT2D eigenvalue weighted by molar-refractivity contribution is -0.114. The standard InChI is InChI=1S/C20H19ClN4O4S/c1-11(26)22-15-10-17(29-3)13(9-14(15)21)19(27)23-20-25-24-18(30-20)8-12-6-4-5-7-16(12)28-2/h4-7,9-10H,8H2,1-3H3,(H,22,26)(H,23,25,27). The fraction of sp³-hybridized carbons (Fsp3) is 0.200. The van der Waals surface area contributed by atoms with E-state index in [1.807, 2.05) is 24.3 Å². The molecule has 0 aliphatic rings. The number of amides is 2. The average Bonchev–Trinajstić information content (AvgIpc) is 3.15. The number of halogens is 1. The van der Waals surface area contributed by atoms with E-state index in [-0.39, 0.29) is 22.2 Å². The first kappa shape index (κ1) is 21.5. The van der Waals surface area contributed by atoms with Crippen LogP contribution in [0.3, 0.4) is 0 Å². The van der Waals surface area contributed by atoms with Crippen LogP contribution in [0.1, 0.15) is 27.9 Å². The molecule has 2 aromatic carbocycles. The fourth-order valence-corrected chi connectivity index (χ4v) is 3.71. The summed E-state index contributed by atoms with van der Waals surface area (Å²) in [4.78, 5) is 24.0. The molecule has 2 N–H and O–H groups in total. The highest BCUT2D eigenvalue weighted by molar-refractivity contribution is 7.15. The number of ether oxygens (including phenoxy) is 2. The molecule has 3 rings (SSSR count). The van der Waals surface area contributed by atoms with Crippen molar-refractivity contribution in [1.29, 1.82) is 0 Å². The maximum absolute atomic E-state index is 12.7. The summed E-state index contributed by atoms with van der Waals surface area (Å²) in [6, 6.07) is 10.6. The van der Waals surface area contributed by atoms with Crippen LogP contribution in [-0.4, -0.2) is 36.2 Å². The molecular formula is C20H19ClN4O4S. The summed E-state index contributed by atoms with van der Waals surface area (Å²) in [6.07, 6.45) is 0.526. The number of para-hydroxylation sites is 1. The van der Waals surface area contributed by atoms with Crippen molar-refractivity contribution < 1.29 is 19.1 Å². The van der Waals surface area contributed by atoms with Crippen LogP contribution in [0.5, 0.6) is 11.5 Å². The van der Waals surface area contributed by atoms with Crippen molar-refractivity contribution in [2.75, 3.05) is 24.9 Å². The molecule has 8 nitrogen and oxygen atoms in total. The second-order valence-corrected chi connectivity index (χ2v) is 7.63. The van der Waals surface area contributed by atoms with Crippen molar-refractivity contribution in [3.05, 3.63) is 57.6 Å². The van der Waals surface area contributed by atoms with Gasteiger partial charge >= 0.3 is 0 Å². The third-order valence-electron chi connectivity index (χ3n) is 4.07. The predicted molar refractivity (Wildman–Crippen MR) is 116 cm³/mol. The van der Waals surface area contributed by atoms with Gasteiger partial charge in [-0.15, -0.1) is 10.2 Å². The zero-order chi connectivity index (χ0) is 21.7. The lowest BCUT2D eigenvalue weighted by Gasteiger charge is -2.12. The first-order valence-corrected chi connectivity index (χ1v) is 10.0. The SMILES string of the molecule is COc1ccccc1Cc1nnc(NC(=O)c2cc(Cl)c(NC(C)=O)cc2OC)s1. The first-order valence-electron chi connectivity index (χ1n) is 8.82. The second kappa shape index (κ2) is 9.55. The third-order valence-corrected chi connectivity index (χ3v) is 5.22. The van der Waals surface area contributed by atoms with E-state index in [1.54, 1.807) is 7.11 Å². The van der Waals surface area contributed by atoms with Gasteiger partial charge in [0.1, 0.15) is 16.5 Å². The van der Waals surface area contributed by atoms with E-state index in [0.717, 1.165) is 16.3 Å². The van der Waals surface area contributed by atoms with Gasteiger partial charge in [-0.1, -0.05) is 41.1 Å². The highest BCUT2D eigenvalue weighted by Crippen LogP contribution is 2.32. The van der Waals surface area contributed by atoms with E-state index in [4.69, 9.17) is 21.1 Å². The first-order chi connectivity index (χ1) is 14.4. The third kappa shape index (κ3) is 5.05. The van der Waals surface area contributed by atoms with Crippen molar-refractivity contribution in [2.24, 2.45) is 0 Å². The van der Waals surface area contributed by atoms with E-state index >= 15 is 0 Å². The Morgan fingerprint density at radius 3 is 2.50 bits per heavy atom. The Balaban J connectivity index is 1.77. The Bertz CT molecular complexity index is 1090. The molecule has 0 saturated heterocycles. The highest BCUT2D eigenvalue weighted by Gasteiger charge is 2.18.